The van der Waals surface area contributed by atoms with Crippen LogP contribution in [0, 0.1) is 0 Å². The maximum absolute atomic E-state index is 5.90. The molecule has 1 unspecified atom stereocenters. The molecule has 0 fully saturated rings. The number of hydrogen-bond donors (Lipinski definition) is 0. The Morgan fingerprint density at radius 1 is 1.46 bits per heavy atom. The number of rotatable bonds is 0. The second-order valence-electron chi connectivity index (χ2n) is 3.06. The molecule has 0 bridgehead atoms. The first kappa shape index (κ1) is 9.80. The van der Waals surface area contributed by atoms with Crippen molar-refractivity contribution in [3.63, 3.8) is 0 Å². The lowest BCUT2D eigenvalue weighted by atomic mass is 10.3. The molecule has 70 valence electrons. The molecule has 1 aromatic rings. The van der Waals surface area contributed by atoms with Gasteiger partial charge in [0.05, 0.1) is 10.7 Å². The van der Waals surface area contributed by atoms with Crippen LogP contribution in [0.15, 0.2) is 28.1 Å². The van der Waals surface area contributed by atoms with E-state index in [1.807, 2.05) is 12.1 Å². The standard InChI is InChI=1S/C9H9ClINS/c1-6-12-8-5-7(10)3-4-9(8)13(6,2)11/h3-5H,1-2H3. The van der Waals surface area contributed by atoms with Crippen LogP contribution in [-0.4, -0.2) is 11.3 Å². The Hall–Kier alpha value is 0.260. The van der Waals surface area contributed by atoms with Gasteiger partial charge < -0.3 is 0 Å². The van der Waals surface area contributed by atoms with Crippen LogP contribution >= 0.6 is 40.0 Å². The van der Waals surface area contributed by atoms with E-state index in [-0.39, 0.29) is 0 Å². The van der Waals surface area contributed by atoms with Crippen molar-refractivity contribution in [2.24, 2.45) is 4.99 Å². The Kier molecular flexibility index (Phi) is 2.37. The van der Waals surface area contributed by atoms with Gasteiger partial charge in [0.25, 0.3) is 0 Å². The number of benzene rings is 1. The summed E-state index contributed by atoms with van der Waals surface area (Å²) in [7, 11) is -0.840. The van der Waals surface area contributed by atoms with Crippen molar-refractivity contribution in [2.75, 3.05) is 6.26 Å². The smallest absolute Gasteiger partial charge is 0.0784 e. The summed E-state index contributed by atoms with van der Waals surface area (Å²) in [6, 6.07) is 5.98. The van der Waals surface area contributed by atoms with Crippen LogP contribution in [0.4, 0.5) is 5.69 Å². The highest BCUT2D eigenvalue weighted by Crippen LogP contribution is 2.67. The first-order valence-electron chi connectivity index (χ1n) is 3.85. The molecule has 0 amide bonds. The molecule has 1 nitrogen and oxygen atoms in total. The quantitative estimate of drug-likeness (QED) is 0.621. The Morgan fingerprint density at radius 3 is 2.85 bits per heavy atom. The van der Waals surface area contributed by atoms with Crippen molar-refractivity contribution in [1.82, 2.24) is 0 Å². The molecule has 4 heteroatoms. The van der Waals surface area contributed by atoms with Gasteiger partial charge in [-0.05, 0) is 52.6 Å². The highest BCUT2D eigenvalue weighted by Gasteiger charge is 2.29. The number of halogens is 2. The van der Waals surface area contributed by atoms with E-state index >= 15 is 0 Å². The van der Waals surface area contributed by atoms with Crippen LogP contribution in [0.5, 0.6) is 0 Å². The normalized spacial score (nSPS) is 30.6. The van der Waals surface area contributed by atoms with Crippen LogP contribution in [0.2, 0.25) is 5.02 Å². The van der Waals surface area contributed by atoms with Gasteiger partial charge in [-0.2, -0.15) is 0 Å². The van der Waals surface area contributed by atoms with Gasteiger partial charge in [0.2, 0.25) is 0 Å². The second kappa shape index (κ2) is 3.14. The van der Waals surface area contributed by atoms with E-state index in [1.54, 1.807) is 0 Å². The largest absolute Gasteiger partial charge is 0.246 e. The third-order valence-electron chi connectivity index (χ3n) is 2.17. The predicted molar refractivity (Wildman–Crippen MR) is 70.0 cm³/mol. The maximum atomic E-state index is 5.90. The highest BCUT2D eigenvalue weighted by molar-refractivity contribution is 14.2. The number of hydrogen-bond acceptors (Lipinski definition) is 1. The lowest BCUT2D eigenvalue weighted by Crippen LogP contribution is -1.94. The third kappa shape index (κ3) is 1.51. The summed E-state index contributed by atoms with van der Waals surface area (Å²) in [5, 5.41) is 1.99. The van der Waals surface area contributed by atoms with Gasteiger partial charge >= 0.3 is 0 Å². The zero-order chi connectivity index (χ0) is 9.64. The van der Waals surface area contributed by atoms with Gasteiger partial charge in [0.15, 0.2) is 0 Å². The molecular formula is C9H9ClINS. The lowest BCUT2D eigenvalue weighted by molar-refractivity contribution is 1.40. The molecule has 0 N–H and O–H groups in total. The molecule has 1 aromatic carbocycles. The van der Waals surface area contributed by atoms with Gasteiger partial charge in [0, 0.05) is 9.92 Å². The molecule has 1 aliphatic rings. The lowest BCUT2D eigenvalue weighted by Gasteiger charge is -2.23. The van der Waals surface area contributed by atoms with Crippen LogP contribution in [0.25, 0.3) is 0 Å². The zero-order valence-corrected chi connectivity index (χ0v) is 11.1. The van der Waals surface area contributed by atoms with Crippen LogP contribution in [0.1, 0.15) is 6.92 Å². The molecule has 1 aliphatic heterocycles. The second-order valence-corrected chi connectivity index (χ2v) is 11.5. The van der Waals surface area contributed by atoms with Crippen molar-refractivity contribution in [2.45, 2.75) is 11.8 Å². The average molecular weight is 326 g/mol. The van der Waals surface area contributed by atoms with E-state index in [4.69, 9.17) is 11.6 Å². The minimum Gasteiger partial charge on any atom is -0.246 e. The van der Waals surface area contributed by atoms with Crippen LogP contribution < -0.4 is 0 Å². The molecule has 0 aromatic heterocycles. The average Bonchev–Trinajstić information content (AvgIpc) is 2.23. The van der Waals surface area contributed by atoms with Gasteiger partial charge in [-0.3, -0.25) is 0 Å². The molecule has 1 heterocycles. The van der Waals surface area contributed by atoms with Gasteiger partial charge in [-0.25, -0.2) is 4.99 Å². The molecule has 0 saturated carbocycles. The Labute approximate surface area is 96.5 Å². The van der Waals surface area contributed by atoms with E-state index in [9.17, 15) is 0 Å². The first-order chi connectivity index (χ1) is 6.01. The SMILES string of the molecule is CC1=Nc2cc(Cl)ccc2S1(C)I. The predicted octanol–water partition coefficient (Wildman–Crippen LogP) is 4.55. The van der Waals surface area contributed by atoms with Crippen molar-refractivity contribution < 1.29 is 0 Å². The Morgan fingerprint density at radius 2 is 2.15 bits per heavy atom. The van der Waals surface area contributed by atoms with Gasteiger partial charge in [-0.1, -0.05) is 11.6 Å². The number of nitrogens with zero attached hydrogens (tertiary/aromatic N) is 1. The van der Waals surface area contributed by atoms with Crippen LogP contribution in [0.3, 0.4) is 0 Å². The van der Waals surface area contributed by atoms with Crippen molar-refractivity contribution in [3.05, 3.63) is 23.2 Å². The summed E-state index contributed by atoms with van der Waals surface area (Å²) in [6.07, 6.45) is 2.26. The molecule has 0 saturated heterocycles. The first-order valence-corrected chi connectivity index (χ1v) is 8.81. The van der Waals surface area contributed by atoms with E-state index in [2.05, 4.69) is 45.4 Å². The molecule has 0 aliphatic carbocycles. The summed E-state index contributed by atoms with van der Waals surface area (Å²) in [6.45, 7) is 2.09. The van der Waals surface area contributed by atoms with Crippen molar-refractivity contribution >= 4 is 50.7 Å². The molecule has 1 atom stereocenters. The van der Waals surface area contributed by atoms with Gasteiger partial charge in [0.1, 0.15) is 0 Å². The fourth-order valence-corrected chi connectivity index (χ4v) is 4.30. The fourth-order valence-electron chi connectivity index (χ4n) is 1.32. The van der Waals surface area contributed by atoms with Gasteiger partial charge in [-0.15, -0.1) is 7.20 Å². The molecule has 13 heavy (non-hydrogen) atoms. The number of aliphatic imine (C=N–C) groups is 1. The minimum absolute atomic E-state index is 0.767. The minimum atomic E-state index is -0.840. The summed E-state index contributed by atoms with van der Waals surface area (Å²) in [5.41, 5.74) is 1.05. The maximum Gasteiger partial charge on any atom is 0.0784 e. The van der Waals surface area contributed by atoms with Crippen molar-refractivity contribution in [3.8, 4) is 0 Å². The fraction of sp³-hybridized carbons (Fsp3) is 0.222. The van der Waals surface area contributed by atoms with Crippen molar-refractivity contribution in [1.29, 1.82) is 0 Å². The zero-order valence-electron chi connectivity index (χ0n) is 7.34. The molecular weight excluding hydrogens is 317 g/mol. The molecule has 0 spiro atoms. The van der Waals surface area contributed by atoms with E-state index in [0.717, 1.165) is 10.7 Å². The molecule has 0 radical (unpaired) electrons. The number of fused-ring (bicyclic) bond motifs is 1. The Bertz CT molecular complexity index is 401. The highest BCUT2D eigenvalue weighted by atomic mass is 127. The summed E-state index contributed by atoms with van der Waals surface area (Å²) < 4.78 is 0. The Balaban J connectivity index is 2.65. The van der Waals surface area contributed by atoms with E-state index < -0.39 is 7.20 Å². The molecule has 2 rings (SSSR count). The third-order valence-corrected chi connectivity index (χ3v) is 8.11. The summed E-state index contributed by atoms with van der Waals surface area (Å²) in [4.78, 5) is 5.87. The topological polar surface area (TPSA) is 12.4 Å². The summed E-state index contributed by atoms with van der Waals surface area (Å²) >= 11 is 8.41. The monoisotopic (exact) mass is 325 g/mol. The van der Waals surface area contributed by atoms with E-state index in [0.29, 0.717) is 0 Å². The van der Waals surface area contributed by atoms with Crippen LogP contribution in [-0.2, 0) is 0 Å². The summed E-state index contributed by atoms with van der Waals surface area (Å²) in [5.74, 6) is 0. The van der Waals surface area contributed by atoms with E-state index in [1.165, 1.54) is 9.94 Å².